The lowest BCUT2D eigenvalue weighted by atomic mass is 9.62. The number of piperazine rings is 1. The zero-order valence-electron chi connectivity index (χ0n) is 35.5. The molecule has 2 heterocycles. The molecular weight excluding hydrogens is 747 g/mol. The molecule has 10 heteroatoms. The summed E-state index contributed by atoms with van der Waals surface area (Å²) in [4.78, 5) is 32.3. The Hall–Kier alpha value is -4.51. The molecule has 2 unspecified atom stereocenters. The number of amides is 2. The second kappa shape index (κ2) is 18.2. The maximum Gasteiger partial charge on any atom is 0.408 e. The molecule has 2 aliphatic heterocycles. The quantitative estimate of drug-likeness (QED) is 0.0998. The molecule has 4 aromatic carbocycles. The molecule has 1 fully saturated rings. The predicted octanol–water partition coefficient (Wildman–Crippen LogP) is 9.10. The number of thioether (sulfide) groups is 1. The lowest BCUT2D eigenvalue weighted by Crippen LogP contribution is -2.58. The minimum Gasteiger partial charge on any atom is -0.487 e. The number of hydrogen-bond acceptors (Lipinski definition) is 8. The van der Waals surface area contributed by atoms with Gasteiger partial charge in [-0.25, -0.2) is 4.79 Å². The van der Waals surface area contributed by atoms with Crippen molar-refractivity contribution in [1.29, 1.82) is 0 Å². The van der Waals surface area contributed by atoms with E-state index in [9.17, 15) is 9.59 Å². The third kappa shape index (κ3) is 9.51. The number of methoxy groups -OCH3 is 1. The lowest BCUT2D eigenvalue weighted by Gasteiger charge is -2.52. The maximum absolute atomic E-state index is 14.6. The molecule has 0 radical (unpaired) electrons. The van der Waals surface area contributed by atoms with E-state index in [2.05, 4.69) is 117 Å². The van der Waals surface area contributed by atoms with Crippen LogP contribution in [0.1, 0.15) is 83.1 Å². The van der Waals surface area contributed by atoms with Gasteiger partial charge in [0.15, 0.2) is 6.79 Å². The molecule has 1 N–H and O–H groups in total. The van der Waals surface area contributed by atoms with Crippen molar-refractivity contribution in [2.24, 2.45) is 5.41 Å². The summed E-state index contributed by atoms with van der Waals surface area (Å²) in [5.41, 5.74) is 3.12. The molecule has 0 aliphatic carbocycles. The first-order valence-corrected chi connectivity index (χ1v) is 21.4. The van der Waals surface area contributed by atoms with Crippen LogP contribution in [0.4, 0.5) is 4.79 Å². The van der Waals surface area contributed by atoms with Crippen molar-refractivity contribution in [1.82, 2.24) is 15.1 Å². The first-order chi connectivity index (χ1) is 27.7. The summed E-state index contributed by atoms with van der Waals surface area (Å²) in [7, 11) is 1.62. The van der Waals surface area contributed by atoms with Gasteiger partial charge in [-0.1, -0.05) is 112 Å². The molecule has 0 spiro atoms. The highest BCUT2D eigenvalue weighted by Gasteiger charge is 2.51. The fourth-order valence-electron chi connectivity index (χ4n) is 8.15. The van der Waals surface area contributed by atoms with Crippen LogP contribution in [-0.2, 0) is 19.0 Å². The summed E-state index contributed by atoms with van der Waals surface area (Å²) in [6.07, 6.45) is 0.229. The summed E-state index contributed by atoms with van der Waals surface area (Å²) in [6.45, 7) is 18.2. The Labute approximate surface area is 349 Å². The van der Waals surface area contributed by atoms with Gasteiger partial charge in [-0.3, -0.25) is 9.69 Å². The van der Waals surface area contributed by atoms with Crippen molar-refractivity contribution in [3.63, 3.8) is 0 Å². The monoisotopic (exact) mass is 807 g/mol. The summed E-state index contributed by atoms with van der Waals surface area (Å²) < 4.78 is 22.7. The van der Waals surface area contributed by atoms with E-state index in [0.717, 1.165) is 59.8 Å². The molecule has 0 aromatic heterocycles. The molecule has 0 bridgehead atoms. The Bertz CT molecular complexity index is 1870. The zero-order chi connectivity index (χ0) is 41.6. The molecule has 58 heavy (non-hydrogen) atoms. The van der Waals surface area contributed by atoms with Gasteiger partial charge in [0, 0.05) is 63.0 Å². The van der Waals surface area contributed by atoms with Gasteiger partial charge in [0.25, 0.3) is 0 Å². The maximum atomic E-state index is 14.6. The number of fused-ring (bicyclic) bond motifs is 1. The number of benzene rings is 4. The summed E-state index contributed by atoms with van der Waals surface area (Å²) in [5.74, 6) is 2.11. The molecule has 2 amide bonds. The van der Waals surface area contributed by atoms with Gasteiger partial charge in [-0.05, 0) is 68.5 Å². The molecule has 0 saturated carbocycles. The lowest BCUT2D eigenvalue weighted by molar-refractivity contribution is -0.135. The third-order valence-electron chi connectivity index (χ3n) is 12.2. The van der Waals surface area contributed by atoms with Gasteiger partial charge in [-0.15, -0.1) is 11.8 Å². The van der Waals surface area contributed by atoms with Crippen molar-refractivity contribution in [2.75, 3.05) is 52.4 Å². The van der Waals surface area contributed by atoms with Crippen molar-refractivity contribution in [3.05, 3.63) is 131 Å². The second-order valence-electron chi connectivity index (χ2n) is 17.2. The SMILES string of the molecule is COCOc1ccc2c(c1)C(C)C(C)(C)C(C)(CCN1CCN(C(=O)[C@H](CSC(c3ccccc3)(c3ccccc3)c3ccccc3)NC(=O)OC(C)(C)C)CC1)O2. The zero-order valence-corrected chi connectivity index (χ0v) is 36.3. The second-order valence-corrected chi connectivity index (χ2v) is 18.5. The van der Waals surface area contributed by atoms with Gasteiger partial charge in [0.05, 0.1) is 4.75 Å². The van der Waals surface area contributed by atoms with Crippen molar-refractivity contribution in [2.45, 2.75) is 82.8 Å². The number of hydrogen-bond donors (Lipinski definition) is 1. The summed E-state index contributed by atoms with van der Waals surface area (Å²) in [5, 5.41) is 3.00. The van der Waals surface area contributed by atoms with E-state index in [4.69, 9.17) is 18.9 Å². The number of nitrogens with one attached hydrogen (secondary N) is 1. The van der Waals surface area contributed by atoms with E-state index in [0.29, 0.717) is 18.8 Å². The van der Waals surface area contributed by atoms with E-state index < -0.39 is 28.1 Å². The van der Waals surface area contributed by atoms with Crippen LogP contribution in [-0.4, -0.2) is 91.4 Å². The van der Waals surface area contributed by atoms with E-state index in [-0.39, 0.29) is 24.0 Å². The van der Waals surface area contributed by atoms with Crippen LogP contribution in [0.15, 0.2) is 109 Å². The Kier molecular flexibility index (Phi) is 13.5. The van der Waals surface area contributed by atoms with E-state index in [1.54, 1.807) is 18.9 Å². The van der Waals surface area contributed by atoms with Crippen LogP contribution < -0.4 is 14.8 Å². The van der Waals surface area contributed by atoms with Crippen LogP contribution in [0.25, 0.3) is 0 Å². The Balaban J connectivity index is 1.18. The highest BCUT2D eigenvalue weighted by atomic mass is 32.2. The highest BCUT2D eigenvalue weighted by Crippen LogP contribution is 2.55. The average molecular weight is 808 g/mol. The van der Waals surface area contributed by atoms with Crippen molar-refractivity contribution in [3.8, 4) is 11.5 Å². The summed E-state index contributed by atoms with van der Waals surface area (Å²) >= 11 is 1.66. The van der Waals surface area contributed by atoms with Crippen LogP contribution in [0, 0.1) is 5.41 Å². The van der Waals surface area contributed by atoms with Crippen LogP contribution in [0.5, 0.6) is 11.5 Å². The van der Waals surface area contributed by atoms with Gasteiger partial charge < -0.3 is 29.2 Å². The number of rotatable bonds is 14. The van der Waals surface area contributed by atoms with Crippen molar-refractivity contribution < 1.29 is 28.5 Å². The molecule has 3 atom stereocenters. The number of carbonyl (C=O) groups excluding carboxylic acids is 2. The smallest absolute Gasteiger partial charge is 0.408 e. The fraction of sp³-hybridized carbons (Fsp3) is 0.458. The van der Waals surface area contributed by atoms with E-state index >= 15 is 0 Å². The highest BCUT2D eigenvalue weighted by molar-refractivity contribution is 8.00. The normalized spacial score (nSPS) is 20.0. The standard InChI is InChI=1S/C48H61N3O6S/c1-35-40-32-39(55-34-54-8)24-25-42(40)56-47(7,46(35,5)6)26-27-50-28-30-51(31-29-50)43(52)41(49-44(53)57-45(2,3)4)33-58-48(36-18-12-9-13-19-36,37-20-14-10-15-21-37)38-22-16-11-17-23-38/h9-25,32,35,41H,26-31,33-34H2,1-8H3,(H,49,53)/t35?,41-,47?/m0/s1. The molecule has 2 aliphatic rings. The first kappa shape index (κ1) is 43.1. The molecule has 6 rings (SSSR count). The fourth-order valence-corrected chi connectivity index (χ4v) is 9.70. The average Bonchev–Trinajstić information content (AvgIpc) is 3.22. The van der Waals surface area contributed by atoms with E-state index in [1.165, 1.54) is 0 Å². The Morgan fingerprint density at radius 3 is 1.91 bits per heavy atom. The number of nitrogens with zero attached hydrogens (tertiary/aromatic N) is 2. The van der Waals surface area contributed by atoms with Gasteiger partial charge in [-0.2, -0.15) is 0 Å². The molecule has 9 nitrogen and oxygen atoms in total. The van der Waals surface area contributed by atoms with Gasteiger partial charge in [0.1, 0.15) is 28.7 Å². The Morgan fingerprint density at radius 1 is 0.845 bits per heavy atom. The molecular formula is C48H61N3O6S. The summed E-state index contributed by atoms with van der Waals surface area (Å²) in [6, 6.07) is 36.4. The number of ether oxygens (including phenoxy) is 4. The van der Waals surface area contributed by atoms with Crippen LogP contribution >= 0.6 is 11.8 Å². The van der Waals surface area contributed by atoms with Crippen molar-refractivity contribution >= 4 is 23.8 Å². The Morgan fingerprint density at radius 2 is 1.40 bits per heavy atom. The number of alkyl carbamates (subject to hydrolysis) is 1. The van der Waals surface area contributed by atoms with Crippen LogP contribution in [0.2, 0.25) is 0 Å². The first-order valence-electron chi connectivity index (χ1n) is 20.4. The topological polar surface area (TPSA) is 89.6 Å². The largest absolute Gasteiger partial charge is 0.487 e. The van der Waals surface area contributed by atoms with Gasteiger partial charge in [0.2, 0.25) is 5.91 Å². The predicted molar refractivity (Wildman–Crippen MR) is 233 cm³/mol. The molecule has 4 aromatic rings. The third-order valence-corrected chi connectivity index (χ3v) is 13.8. The van der Waals surface area contributed by atoms with Crippen LogP contribution in [0.3, 0.4) is 0 Å². The molecule has 310 valence electrons. The molecule has 1 saturated heterocycles. The van der Waals surface area contributed by atoms with E-state index in [1.807, 2.05) is 56.0 Å². The van der Waals surface area contributed by atoms with Gasteiger partial charge >= 0.3 is 6.09 Å². The number of carbonyl (C=O) groups is 2. The minimum absolute atomic E-state index is 0.107. The minimum atomic E-state index is -0.820.